The molecule has 2 aromatic carbocycles. The topological polar surface area (TPSA) is 42.2 Å². The van der Waals surface area contributed by atoms with Gasteiger partial charge in [-0.2, -0.15) is 0 Å². The number of hydrogen-bond acceptors (Lipinski definition) is 1. The van der Waals surface area contributed by atoms with Gasteiger partial charge in [-0.1, -0.05) is 47.5 Å². The molecule has 1 N–H and O–H groups in total. The zero-order chi connectivity index (χ0) is 16.4. The molecule has 0 bridgehead atoms. The van der Waals surface area contributed by atoms with E-state index in [9.17, 15) is 4.79 Å². The van der Waals surface area contributed by atoms with Gasteiger partial charge in [-0.05, 0) is 35.7 Å². The predicted octanol–water partition coefficient (Wildman–Crippen LogP) is 4.37. The van der Waals surface area contributed by atoms with E-state index in [1.165, 1.54) is 0 Å². The zero-order valence-corrected chi connectivity index (χ0v) is 13.8. The minimum absolute atomic E-state index is 0. The Morgan fingerprint density at radius 2 is 1.83 bits per heavy atom. The second-order valence-electron chi connectivity index (χ2n) is 5.43. The number of fused-ring (bicyclic) bond motifs is 1. The summed E-state index contributed by atoms with van der Waals surface area (Å²) in [6, 6.07) is 13.5. The Hall–Kier alpha value is -0.970. The van der Waals surface area contributed by atoms with Gasteiger partial charge in [0.15, 0.2) is 0 Å². The first-order valence-corrected chi connectivity index (χ1v) is 8.02. The Labute approximate surface area is 172 Å². The van der Waals surface area contributed by atoms with E-state index >= 15 is 0 Å². The number of aromatic nitrogens is 1. The quantitative estimate of drug-likeness (QED) is 0.676. The van der Waals surface area contributed by atoms with Crippen LogP contribution < -0.4 is 0 Å². The number of aryl methyl sites for hydroxylation is 1. The van der Waals surface area contributed by atoms with Gasteiger partial charge in [-0.15, -0.1) is 0 Å². The van der Waals surface area contributed by atoms with Gasteiger partial charge in [0.05, 0.1) is 0 Å². The molecule has 0 aliphatic carbocycles. The molecule has 0 atom stereocenters. The second-order valence-corrected chi connectivity index (χ2v) is 6.27. The first kappa shape index (κ1) is 19.4. The number of carboxylic acid groups (broad SMARTS) is 1. The number of carbonyl (C=O) groups is 1. The Kier molecular flexibility index (Phi) is 6.79. The minimum atomic E-state index is -0.789. The number of para-hydroxylation sites is 1. The summed E-state index contributed by atoms with van der Waals surface area (Å²) in [5.41, 5.74) is 3.08. The van der Waals surface area contributed by atoms with Crippen LogP contribution in [0.1, 0.15) is 17.5 Å². The number of halogens is 2. The molecular weight excluding hydrogens is 356 g/mol. The fraction of sp³-hybridized carbons (Fsp3) is 0.167. The summed E-state index contributed by atoms with van der Waals surface area (Å²) in [6.45, 7) is 0.615. The van der Waals surface area contributed by atoms with Crippen molar-refractivity contribution in [1.82, 2.24) is 4.57 Å². The van der Waals surface area contributed by atoms with Crippen LogP contribution in [0, 0.1) is 0 Å². The molecule has 3 nitrogen and oxygen atoms in total. The molecule has 24 heavy (non-hydrogen) atoms. The van der Waals surface area contributed by atoms with Crippen LogP contribution in [0.3, 0.4) is 0 Å². The molecule has 3 rings (SSSR count). The Bertz CT molecular complexity index is 877. The van der Waals surface area contributed by atoms with Crippen molar-refractivity contribution in [1.29, 1.82) is 0 Å². The fourth-order valence-electron chi connectivity index (χ4n) is 2.73. The summed E-state index contributed by atoms with van der Waals surface area (Å²) in [5, 5.41) is 11.2. The van der Waals surface area contributed by atoms with Crippen molar-refractivity contribution in [3.8, 4) is 0 Å². The molecule has 1 heterocycles. The molecule has 0 saturated carbocycles. The third-order valence-electron chi connectivity index (χ3n) is 3.84. The first-order valence-electron chi connectivity index (χ1n) is 7.27. The van der Waals surface area contributed by atoms with Crippen molar-refractivity contribution in [2.75, 3.05) is 0 Å². The number of benzene rings is 2. The van der Waals surface area contributed by atoms with E-state index in [1.54, 1.807) is 6.07 Å². The van der Waals surface area contributed by atoms with Gasteiger partial charge in [0, 0.05) is 40.1 Å². The third-order valence-corrected chi connectivity index (χ3v) is 4.42. The van der Waals surface area contributed by atoms with Gasteiger partial charge in [0.1, 0.15) is 0 Å². The molecule has 120 valence electrons. The summed E-state index contributed by atoms with van der Waals surface area (Å²) in [4.78, 5) is 10.8. The number of nitrogens with zero attached hydrogens (tertiary/aromatic N) is 1. The molecular formula is C18H16Cl2NNaO2. The Balaban J connectivity index is 0.00000208. The van der Waals surface area contributed by atoms with E-state index in [0.29, 0.717) is 23.0 Å². The van der Waals surface area contributed by atoms with Crippen LogP contribution in [-0.2, 0) is 17.8 Å². The fourth-order valence-corrected chi connectivity index (χ4v) is 3.20. The van der Waals surface area contributed by atoms with Crippen LogP contribution in [-0.4, -0.2) is 45.2 Å². The van der Waals surface area contributed by atoms with Gasteiger partial charge in [0.2, 0.25) is 0 Å². The van der Waals surface area contributed by atoms with Crippen LogP contribution in [0.15, 0.2) is 48.7 Å². The molecule has 0 aliphatic heterocycles. The number of rotatable bonds is 5. The van der Waals surface area contributed by atoms with E-state index in [4.69, 9.17) is 28.3 Å². The van der Waals surface area contributed by atoms with Gasteiger partial charge < -0.3 is 9.67 Å². The summed E-state index contributed by atoms with van der Waals surface area (Å²) in [6.07, 6.45) is 2.64. The van der Waals surface area contributed by atoms with Gasteiger partial charge in [-0.3, -0.25) is 4.79 Å². The monoisotopic (exact) mass is 371 g/mol. The maximum absolute atomic E-state index is 10.8. The summed E-state index contributed by atoms with van der Waals surface area (Å²) in [7, 11) is 0. The van der Waals surface area contributed by atoms with Crippen LogP contribution in [0.5, 0.6) is 0 Å². The van der Waals surface area contributed by atoms with Crippen molar-refractivity contribution in [2.45, 2.75) is 19.4 Å². The van der Waals surface area contributed by atoms with Crippen LogP contribution in [0.25, 0.3) is 10.9 Å². The molecule has 1 aromatic heterocycles. The SMILES string of the molecule is O=C(O)CCc1cn(Cc2ccc(Cl)cc2Cl)c2ccccc12.[NaH]. The average Bonchev–Trinajstić information content (AvgIpc) is 2.86. The van der Waals surface area contributed by atoms with Crippen molar-refractivity contribution in [2.24, 2.45) is 0 Å². The molecule has 0 amide bonds. The first-order chi connectivity index (χ1) is 11.0. The maximum atomic E-state index is 10.8. The van der Waals surface area contributed by atoms with E-state index < -0.39 is 5.97 Å². The molecule has 3 aromatic rings. The van der Waals surface area contributed by atoms with Crippen LogP contribution in [0.4, 0.5) is 0 Å². The summed E-state index contributed by atoms with van der Waals surface area (Å²) >= 11 is 12.2. The molecule has 6 heteroatoms. The molecule has 0 aliphatic rings. The number of carboxylic acids is 1. The molecule has 0 fully saturated rings. The van der Waals surface area contributed by atoms with Crippen LogP contribution >= 0.6 is 23.2 Å². The van der Waals surface area contributed by atoms with E-state index in [2.05, 4.69) is 4.57 Å². The molecule has 0 saturated heterocycles. The standard InChI is InChI=1S/C18H15Cl2NO2.Na.H/c19-14-7-5-13(16(20)9-14)11-21-10-12(6-8-18(22)23)15-3-1-2-4-17(15)21;;/h1-5,7,9-10H,6,8,11H2,(H,22,23);;. The summed E-state index contributed by atoms with van der Waals surface area (Å²) < 4.78 is 2.10. The van der Waals surface area contributed by atoms with E-state index in [-0.39, 0.29) is 36.0 Å². The van der Waals surface area contributed by atoms with Crippen molar-refractivity contribution >= 4 is 69.6 Å². The van der Waals surface area contributed by atoms with Gasteiger partial charge >= 0.3 is 35.5 Å². The van der Waals surface area contributed by atoms with Crippen molar-refractivity contribution in [3.05, 3.63) is 69.8 Å². The molecule has 0 radical (unpaired) electrons. The van der Waals surface area contributed by atoms with E-state index in [1.807, 2.05) is 42.6 Å². The van der Waals surface area contributed by atoms with Crippen molar-refractivity contribution in [3.63, 3.8) is 0 Å². The van der Waals surface area contributed by atoms with E-state index in [0.717, 1.165) is 22.0 Å². The summed E-state index contributed by atoms with van der Waals surface area (Å²) in [5.74, 6) is -0.789. The molecule has 0 spiro atoms. The second kappa shape index (κ2) is 8.41. The molecule has 0 unspecified atom stereocenters. The average molecular weight is 372 g/mol. The van der Waals surface area contributed by atoms with Gasteiger partial charge in [-0.25, -0.2) is 0 Å². The Morgan fingerprint density at radius 3 is 2.54 bits per heavy atom. The number of hydrogen-bond donors (Lipinski definition) is 1. The zero-order valence-electron chi connectivity index (χ0n) is 12.3. The van der Waals surface area contributed by atoms with Gasteiger partial charge in [0.25, 0.3) is 0 Å². The van der Waals surface area contributed by atoms with Crippen LogP contribution in [0.2, 0.25) is 10.0 Å². The normalized spacial score (nSPS) is 10.6. The number of aliphatic carboxylic acids is 1. The predicted molar refractivity (Wildman–Crippen MR) is 101 cm³/mol. The van der Waals surface area contributed by atoms with Crippen molar-refractivity contribution < 1.29 is 9.90 Å². The Morgan fingerprint density at radius 1 is 1.08 bits per heavy atom. The third kappa shape index (κ3) is 4.35.